The summed E-state index contributed by atoms with van der Waals surface area (Å²) >= 11 is 1.88. The van der Waals surface area contributed by atoms with E-state index in [0.717, 1.165) is 27.6 Å². The van der Waals surface area contributed by atoms with E-state index >= 15 is 0 Å². The molecule has 0 radical (unpaired) electrons. The molecule has 8 aliphatic rings. The first-order valence-corrected chi connectivity index (χ1v) is 50.1. The molecule has 15 heteroatoms. The van der Waals surface area contributed by atoms with Gasteiger partial charge in [-0.1, -0.05) is 352 Å². The Morgan fingerprint density at radius 2 is 0.531 bits per heavy atom. The van der Waals surface area contributed by atoms with Crippen molar-refractivity contribution in [3.05, 3.63) is 504 Å². The van der Waals surface area contributed by atoms with Crippen molar-refractivity contribution in [2.45, 2.75) is 0 Å². The van der Waals surface area contributed by atoms with Crippen LogP contribution >= 0.6 is 11.3 Å². The summed E-state index contributed by atoms with van der Waals surface area (Å²) in [5, 5.41) is 12.6. The average Bonchev–Trinajstić information content (AvgIpc) is 1.52. The van der Waals surface area contributed by atoms with Gasteiger partial charge in [-0.2, -0.15) is 0 Å². The molecule has 664 valence electrons. The fourth-order valence-electron chi connectivity index (χ4n) is 24.6. The van der Waals surface area contributed by atoms with E-state index in [1.165, 1.54) is 221 Å². The zero-order valence-electron chi connectivity index (χ0n) is 77.6. The van der Waals surface area contributed by atoms with Crippen molar-refractivity contribution in [1.29, 1.82) is 0 Å². The number of thiophene rings is 1. The summed E-state index contributed by atoms with van der Waals surface area (Å²) < 4.78 is 11.4. The predicted molar refractivity (Wildman–Crippen MR) is 607 cm³/mol. The summed E-state index contributed by atoms with van der Waals surface area (Å²) in [5.41, 5.74) is 40.8. The zero-order valence-corrected chi connectivity index (χ0v) is 78.4. The van der Waals surface area contributed by atoms with Crippen molar-refractivity contribution in [1.82, 2.24) is 4.57 Å². The summed E-state index contributed by atoms with van der Waals surface area (Å²) in [6.45, 7) is 0.159. The molecule has 33 rings (SSSR count). The first-order valence-electron chi connectivity index (χ1n) is 49.3. The molecule has 22 aromatic carbocycles. The molecule has 0 fully saturated rings. The largest absolute Gasteiger partial charge is 0.456 e. The van der Waals surface area contributed by atoms with Crippen molar-refractivity contribution in [3.63, 3.8) is 0 Å². The Morgan fingerprint density at radius 3 is 1.06 bits per heavy atom. The first-order chi connectivity index (χ1) is 71.0. The number of nitrogens with zero attached hydrogens (tertiary/aromatic N) is 9. The molecule has 143 heavy (non-hydrogen) atoms. The van der Waals surface area contributed by atoms with E-state index in [-0.39, 0.29) is 27.9 Å². The SMILES string of the molecule is c1ccc(N2B3c4cc5ccccc5cc4-c4ccccc4N3c3c2ccc2ccccc32)cc1.c1ccc(N2B3c4ccccc4-c4ccccc4N3c3cc4c(cc32)oc2ccccc24)cc1.c1ccc(N2B3c4ccccc4-c4ccccc4N3c3cc4c(cc32)sc2ccccc24)cc1.c1ccc(N2B3c4ccccc4-c4ccccc4N3c3cc4c5ccccc5n(-c5ccccc5)c4cc32)cc1. The predicted octanol–water partition coefficient (Wildman–Crippen LogP) is 31.1. The van der Waals surface area contributed by atoms with E-state index in [2.05, 4.69) is 534 Å². The molecule has 10 nitrogen and oxygen atoms in total. The number of hydrogen-bond donors (Lipinski definition) is 0. The van der Waals surface area contributed by atoms with Crippen LogP contribution in [0.15, 0.2) is 508 Å². The number of anilines is 16. The third-order valence-electron chi connectivity index (χ3n) is 30.5. The van der Waals surface area contributed by atoms with E-state index in [9.17, 15) is 0 Å². The molecule has 0 N–H and O–H groups in total. The number of aromatic nitrogens is 1. The lowest BCUT2D eigenvalue weighted by Crippen LogP contribution is -2.55. The highest BCUT2D eigenvalue weighted by Crippen LogP contribution is 2.60. The Labute approximate surface area is 832 Å². The summed E-state index contributed by atoms with van der Waals surface area (Å²) in [4.78, 5) is 20.2. The molecule has 0 saturated heterocycles. The lowest BCUT2D eigenvalue weighted by molar-refractivity contribution is 0.669. The van der Waals surface area contributed by atoms with Gasteiger partial charge in [-0.25, -0.2) is 0 Å². The van der Waals surface area contributed by atoms with Crippen molar-refractivity contribution in [2.75, 3.05) is 38.5 Å². The van der Waals surface area contributed by atoms with Crippen LogP contribution in [0.4, 0.5) is 91.0 Å². The molecule has 0 unspecified atom stereocenters. The van der Waals surface area contributed by atoms with Gasteiger partial charge in [0.1, 0.15) is 11.2 Å². The van der Waals surface area contributed by atoms with Crippen LogP contribution in [-0.4, -0.2) is 32.5 Å². The maximum atomic E-state index is 6.31. The first kappa shape index (κ1) is 80.9. The molecule has 0 spiro atoms. The van der Waals surface area contributed by atoms with E-state index in [4.69, 9.17) is 4.42 Å². The minimum Gasteiger partial charge on any atom is -0.456 e. The number of hydrogen-bond acceptors (Lipinski definition) is 10. The van der Waals surface area contributed by atoms with E-state index < -0.39 is 0 Å². The monoisotopic (exact) mass is 1840 g/mol. The van der Waals surface area contributed by atoms with Crippen LogP contribution in [0.5, 0.6) is 0 Å². The molecule has 3 aromatic heterocycles. The number of benzene rings is 22. The Kier molecular flexibility index (Phi) is 18.2. The van der Waals surface area contributed by atoms with Crippen LogP contribution < -0.4 is 60.3 Å². The highest BCUT2D eigenvalue weighted by Gasteiger charge is 2.54. The Bertz CT molecular complexity index is 9260. The van der Waals surface area contributed by atoms with E-state index in [1.54, 1.807) is 0 Å². The standard InChI is InChI=1S/C36H24BN3.C32H21BN2.C30H19BN2O.C30H19BN2S/c1-3-13-25(14-4-1)38-32-21-11-8-19-29(32)30-23-35-36(24-34(30)38)39(26-15-5-2-6-16-26)37-31-20-10-7-17-27(31)28-18-9-12-22-33(28)40(35)37;1-2-13-25(14-3-1)34-31-19-18-22-10-6-7-15-26(22)32(31)35-30-17-9-8-16-27(30)28-20-23-11-4-5-12-24(23)21-29(28)33(34)35;2*1-2-10-20(11-3-1)32-28-19-30-24(23-14-6-9-17-29(23)34-30)18-27(28)33-26-16-8-5-13-22(26)21-12-4-7-15-25(21)31(32)33/h1-24H;1-21H;2*1-19H. The molecule has 0 bridgehead atoms. The lowest BCUT2D eigenvalue weighted by Gasteiger charge is -2.36. The molecule has 0 aliphatic carbocycles. The van der Waals surface area contributed by atoms with E-state index in [0.29, 0.717) is 0 Å². The number of para-hydroxylation sites is 11. The Balaban J connectivity index is 0.0000000892. The fourth-order valence-corrected chi connectivity index (χ4v) is 25.7. The molecule has 25 aromatic rings. The van der Waals surface area contributed by atoms with E-state index in [1.807, 2.05) is 23.5 Å². The second-order valence-corrected chi connectivity index (χ2v) is 39.1. The topological polar surface area (TPSA) is 44.0 Å². The Morgan fingerprint density at radius 1 is 0.168 bits per heavy atom. The highest BCUT2D eigenvalue weighted by molar-refractivity contribution is 7.26. The van der Waals surface area contributed by atoms with Crippen molar-refractivity contribution >= 4 is 238 Å². The van der Waals surface area contributed by atoms with Gasteiger partial charge in [0, 0.05) is 127 Å². The van der Waals surface area contributed by atoms with Crippen molar-refractivity contribution in [3.8, 4) is 50.2 Å². The second-order valence-electron chi connectivity index (χ2n) is 38.0. The van der Waals surface area contributed by atoms with Gasteiger partial charge in [0.15, 0.2) is 0 Å². The summed E-state index contributed by atoms with van der Waals surface area (Å²) in [6.07, 6.45) is 0. The van der Waals surface area contributed by atoms with Gasteiger partial charge in [-0.15, -0.1) is 11.3 Å². The van der Waals surface area contributed by atoms with Gasteiger partial charge in [0.2, 0.25) is 0 Å². The summed E-state index contributed by atoms with van der Waals surface area (Å²) in [6, 6.07) is 183. The smallest absolute Gasteiger partial charge is 0.421 e. The summed E-state index contributed by atoms with van der Waals surface area (Å²) in [7, 11) is 0. The normalized spacial score (nSPS) is 13.6. The van der Waals surface area contributed by atoms with Gasteiger partial charge in [-0.3, -0.25) is 0 Å². The number of fused-ring (bicyclic) bond motifs is 44. The zero-order chi connectivity index (χ0) is 93.6. The quantitative estimate of drug-likeness (QED) is 0.157. The molecular formula is C128H83B4N9OS. The molecule has 0 atom stereocenters. The summed E-state index contributed by atoms with van der Waals surface area (Å²) in [5.74, 6) is 0. The Hall–Kier alpha value is -18.2. The lowest BCUT2D eigenvalue weighted by atomic mass is 9.59. The van der Waals surface area contributed by atoms with Crippen molar-refractivity contribution < 1.29 is 4.42 Å². The molecule has 0 amide bonds. The molecule has 0 saturated carbocycles. The van der Waals surface area contributed by atoms with Gasteiger partial charge in [-0.05, 0) is 206 Å². The minimum absolute atomic E-state index is 0.0199. The third kappa shape index (κ3) is 12.3. The fraction of sp³-hybridized carbons (Fsp3) is 0. The molecule has 11 heterocycles. The minimum atomic E-state index is 0.0199. The van der Waals surface area contributed by atoms with Gasteiger partial charge in [0.05, 0.1) is 56.5 Å². The van der Waals surface area contributed by atoms with Crippen LogP contribution in [-0.2, 0) is 0 Å². The highest BCUT2D eigenvalue weighted by atomic mass is 32.1. The van der Waals surface area contributed by atoms with Crippen molar-refractivity contribution in [2.24, 2.45) is 0 Å². The number of rotatable bonds is 5. The maximum absolute atomic E-state index is 6.31. The average molecular weight is 1840 g/mol. The maximum Gasteiger partial charge on any atom is 0.421 e. The second kappa shape index (κ2) is 32.2. The van der Waals surface area contributed by atoms with Crippen LogP contribution in [0.1, 0.15) is 0 Å². The van der Waals surface area contributed by atoms with Crippen LogP contribution in [0.25, 0.3) is 136 Å². The number of furan rings is 1. The van der Waals surface area contributed by atoms with Gasteiger partial charge >= 0.3 is 27.9 Å². The third-order valence-corrected chi connectivity index (χ3v) is 31.6. The molecular weight excluding hydrogens is 1750 g/mol. The molecule has 8 aliphatic heterocycles. The van der Waals surface area contributed by atoms with Crippen LogP contribution in [0.2, 0.25) is 0 Å². The van der Waals surface area contributed by atoms with Crippen LogP contribution in [0, 0.1) is 0 Å². The van der Waals surface area contributed by atoms with Crippen LogP contribution in [0.3, 0.4) is 0 Å². The van der Waals surface area contributed by atoms with Gasteiger partial charge in [0.25, 0.3) is 0 Å². The van der Waals surface area contributed by atoms with Gasteiger partial charge < -0.3 is 47.5 Å².